The molecular weight excluding hydrogens is 374 g/mol. The van der Waals surface area contributed by atoms with E-state index in [1.807, 2.05) is 37.0 Å². The van der Waals surface area contributed by atoms with Gasteiger partial charge < -0.3 is 14.7 Å². The summed E-state index contributed by atoms with van der Waals surface area (Å²) in [6, 6.07) is 10.6. The number of likely N-dealkylation sites (tertiary alicyclic amines) is 1. The van der Waals surface area contributed by atoms with E-state index < -0.39 is 0 Å². The maximum absolute atomic E-state index is 12.9. The normalized spacial score (nSPS) is 20.9. The first-order valence-corrected chi connectivity index (χ1v) is 11.3. The molecule has 2 atom stereocenters. The van der Waals surface area contributed by atoms with E-state index in [0.29, 0.717) is 18.4 Å². The summed E-state index contributed by atoms with van der Waals surface area (Å²) in [7, 11) is 5.82. The molecular formula is C25H37N3O2. The van der Waals surface area contributed by atoms with Crippen molar-refractivity contribution < 1.29 is 9.59 Å². The lowest BCUT2D eigenvalue weighted by Crippen LogP contribution is -2.50. The van der Waals surface area contributed by atoms with Gasteiger partial charge in [0.1, 0.15) is 0 Å². The van der Waals surface area contributed by atoms with E-state index in [9.17, 15) is 9.59 Å². The Labute approximate surface area is 181 Å². The minimum atomic E-state index is 0.161. The van der Waals surface area contributed by atoms with Gasteiger partial charge in [0.25, 0.3) is 0 Å². The van der Waals surface area contributed by atoms with Crippen molar-refractivity contribution >= 4 is 11.8 Å². The van der Waals surface area contributed by atoms with Crippen molar-refractivity contribution in [2.45, 2.75) is 44.6 Å². The number of hydrogen-bond donors (Lipinski definition) is 0. The predicted molar refractivity (Wildman–Crippen MR) is 121 cm³/mol. The van der Waals surface area contributed by atoms with E-state index in [-0.39, 0.29) is 17.9 Å². The maximum Gasteiger partial charge on any atom is 0.236 e. The van der Waals surface area contributed by atoms with Crippen molar-refractivity contribution in [2.24, 2.45) is 11.8 Å². The van der Waals surface area contributed by atoms with Crippen LogP contribution in [-0.2, 0) is 16.0 Å². The highest BCUT2D eigenvalue weighted by Gasteiger charge is 2.34. The second-order valence-corrected chi connectivity index (χ2v) is 9.14. The highest BCUT2D eigenvalue weighted by Crippen LogP contribution is 2.29. The van der Waals surface area contributed by atoms with Crippen LogP contribution in [0.15, 0.2) is 42.5 Å². The van der Waals surface area contributed by atoms with E-state index in [4.69, 9.17) is 0 Å². The van der Waals surface area contributed by atoms with Crippen LogP contribution in [0.5, 0.6) is 0 Å². The quantitative estimate of drug-likeness (QED) is 0.647. The number of amides is 2. The fourth-order valence-corrected chi connectivity index (χ4v) is 4.82. The van der Waals surface area contributed by atoms with Crippen molar-refractivity contribution in [1.82, 2.24) is 14.7 Å². The minimum Gasteiger partial charge on any atom is -0.342 e. The fourth-order valence-electron chi connectivity index (χ4n) is 4.82. The number of piperidine rings is 1. The standard InChI is InChI=1S/C25H37N3O2/c1-26(2)19-24(29)27(3)23(18-20-10-6-4-7-11-20)21-14-16-28(17-15-21)25(30)22-12-8-5-9-13-22/h4-8,10-11,21-23H,9,12-19H2,1-3H3. The molecule has 1 aromatic rings. The second-order valence-electron chi connectivity index (χ2n) is 9.14. The van der Waals surface area contributed by atoms with Crippen LogP contribution in [0.2, 0.25) is 0 Å². The number of likely N-dealkylation sites (N-methyl/N-ethyl adjacent to an activating group) is 2. The molecule has 1 saturated heterocycles. The summed E-state index contributed by atoms with van der Waals surface area (Å²) in [4.78, 5) is 31.7. The molecule has 0 spiro atoms. The summed E-state index contributed by atoms with van der Waals surface area (Å²) in [5.74, 6) is 1.07. The van der Waals surface area contributed by atoms with Crippen LogP contribution < -0.4 is 0 Å². The molecule has 1 aromatic carbocycles. The van der Waals surface area contributed by atoms with Gasteiger partial charge in [-0.15, -0.1) is 0 Å². The molecule has 5 heteroatoms. The first kappa shape index (κ1) is 22.5. The summed E-state index contributed by atoms with van der Waals surface area (Å²) in [5.41, 5.74) is 1.26. The van der Waals surface area contributed by atoms with E-state index in [0.717, 1.165) is 51.6 Å². The van der Waals surface area contributed by atoms with Crippen LogP contribution in [0, 0.1) is 11.8 Å². The molecule has 1 aliphatic heterocycles. The van der Waals surface area contributed by atoms with Crippen molar-refractivity contribution in [1.29, 1.82) is 0 Å². The van der Waals surface area contributed by atoms with Gasteiger partial charge in [0.05, 0.1) is 6.54 Å². The molecule has 164 valence electrons. The van der Waals surface area contributed by atoms with Crippen LogP contribution in [0.25, 0.3) is 0 Å². The topological polar surface area (TPSA) is 43.9 Å². The first-order valence-electron chi connectivity index (χ1n) is 11.3. The van der Waals surface area contributed by atoms with Crippen molar-refractivity contribution in [3.05, 3.63) is 48.0 Å². The average Bonchev–Trinajstić information content (AvgIpc) is 2.77. The van der Waals surface area contributed by atoms with Gasteiger partial charge in [-0.2, -0.15) is 0 Å². The van der Waals surface area contributed by atoms with E-state index >= 15 is 0 Å². The van der Waals surface area contributed by atoms with Gasteiger partial charge in [0, 0.05) is 32.1 Å². The number of benzene rings is 1. The van der Waals surface area contributed by atoms with E-state index in [1.54, 1.807) is 0 Å². The Kier molecular flexibility index (Phi) is 8.08. The molecule has 5 nitrogen and oxygen atoms in total. The van der Waals surface area contributed by atoms with Crippen LogP contribution in [0.3, 0.4) is 0 Å². The fraction of sp³-hybridized carbons (Fsp3) is 0.600. The van der Waals surface area contributed by atoms with Crippen LogP contribution in [0.4, 0.5) is 0 Å². The molecule has 0 aromatic heterocycles. The van der Waals surface area contributed by atoms with E-state index in [2.05, 4.69) is 41.3 Å². The highest BCUT2D eigenvalue weighted by molar-refractivity contribution is 5.79. The Bertz CT molecular complexity index is 723. The number of rotatable bonds is 7. The van der Waals surface area contributed by atoms with Crippen LogP contribution in [0.1, 0.15) is 37.7 Å². The van der Waals surface area contributed by atoms with Gasteiger partial charge >= 0.3 is 0 Å². The van der Waals surface area contributed by atoms with E-state index in [1.165, 1.54) is 5.56 Å². The SMILES string of the molecule is CN(C)CC(=O)N(C)C(Cc1ccccc1)C1CCN(C(=O)C2CC=CCC2)CC1. The van der Waals surface area contributed by atoms with Crippen molar-refractivity contribution in [3.63, 3.8) is 0 Å². The summed E-state index contributed by atoms with van der Waals surface area (Å²) in [6.45, 7) is 2.05. The number of carbonyl (C=O) groups excluding carboxylic acids is 2. The summed E-state index contributed by atoms with van der Waals surface area (Å²) >= 11 is 0. The Morgan fingerprint density at radius 1 is 1.03 bits per heavy atom. The molecule has 0 saturated carbocycles. The number of hydrogen-bond acceptors (Lipinski definition) is 3. The van der Waals surface area contributed by atoms with Gasteiger partial charge in [0.2, 0.25) is 11.8 Å². The largest absolute Gasteiger partial charge is 0.342 e. The second kappa shape index (κ2) is 10.8. The molecule has 0 N–H and O–H groups in total. The number of carbonyl (C=O) groups is 2. The molecule has 2 aliphatic rings. The van der Waals surface area contributed by atoms with Gasteiger partial charge in [-0.3, -0.25) is 9.59 Å². The molecule has 0 radical (unpaired) electrons. The number of nitrogens with zero attached hydrogens (tertiary/aromatic N) is 3. The monoisotopic (exact) mass is 411 g/mol. The Morgan fingerprint density at radius 2 is 1.73 bits per heavy atom. The van der Waals surface area contributed by atoms with Crippen LogP contribution in [-0.4, -0.2) is 73.3 Å². The molecule has 1 aliphatic carbocycles. The highest BCUT2D eigenvalue weighted by atomic mass is 16.2. The maximum atomic E-state index is 12.9. The van der Waals surface area contributed by atoms with Crippen molar-refractivity contribution in [3.8, 4) is 0 Å². The lowest BCUT2D eigenvalue weighted by atomic mass is 9.84. The molecule has 3 rings (SSSR count). The van der Waals surface area contributed by atoms with Crippen LogP contribution >= 0.6 is 0 Å². The zero-order chi connectivity index (χ0) is 21.5. The summed E-state index contributed by atoms with van der Waals surface area (Å²) in [5, 5.41) is 0. The number of allylic oxidation sites excluding steroid dienone is 2. The third-order valence-electron chi connectivity index (χ3n) is 6.64. The molecule has 1 fully saturated rings. The predicted octanol–water partition coefficient (Wildman–Crippen LogP) is 3.21. The summed E-state index contributed by atoms with van der Waals surface area (Å²) in [6.07, 6.45) is 10.0. The third kappa shape index (κ3) is 5.94. The molecule has 2 amide bonds. The van der Waals surface area contributed by atoms with Crippen molar-refractivity contribution in [2.75, 3.05) is 40.8 Å². The first-order chi connectivity index (χ1) is 14.5. The summed E-state index contributed by atoms with van der Waals surface area (Å²) < 4.78 is 0. The zero-order valence-corrected chi connectivity index (χ0v) is 18.8. The van der Waals surface area contributed by atoms with Gasteiger partial charge in [-0.25, -0.2) is 0 Å². The van der Waals surface area contributed by atoms with Gasteiger partial charge in [-0.05, 0) is 64.1 Å². The Hall–Kier alpha value is -2.14. The Balaban J connectivity index is 1.65. The lowest BCUT2D eigenvalue weighted by Gasteiger charge is -2.41. The Morgan fingerprint density at radius 3 is 2.33 bits per heavy atom. The van der Waals surface area contributed by atoms with Gasteiger partial charge in [0.15, 0.2) is 0 Å². The molecule has 2 unspecified atom stereocenters. The smallest absolute Gasteiger partial charge is 0.236 e. The van der Waals surface area contributed by atoms with Gasteiger partial charge in [-0.1, -0.05) is 42.5 Å². The average molecular weight is 412 g/mol. The third-order valence-corrected chi connectivity index (χ3v) is 6.64. The molecule has 0 bridgehead atoms. The minimum absolute atomic E-state index is 0.161. The molecule has 1 heterocycles. The zero-order valence-electron chi connectivity index (χ0n) is 18.8. The molecule has 30 heavy (non-hydrogen) atoms. The lowest BCUT2D eigenvalue weighted by molar-refractivity contribution is -0.139.